The van der Waals surface area contributed by atoms with Gasteiger partial charge in [-0.25, -0.2) is 0 Å². The average molecular weight is 495 g/mol. The lowest BCUT2D eigenvalue weighted by Crippen LogP contribution is -2.04. The maximum atomic E-state index is 9.23. The number of fused-ring (bicyclic) bond motifs is 3. The smallest absolute Gasteiger partial charge is 0.119 e. The van der Waals surface area contributed by atoms with Crippen molar-refractivity contribution >= 4 is 0 Å². The minimum atomic E-state index is -0.00891. The first-order chi connectivity index (χ1) is 17.9. The largest absolute Gasteiger partial charge is 0.491 e. The number of benzene rings is 4. The molecule has 0 aromatic heterocycles. The first-order valence-electron chi connectivity index (χ1n) is 12.9. The van der Waals surface area contributed by atoms with Crippen LogP contribution in [0.4, 0.5) is 0 Å². The molecule has 37 heavy (non-hydrogen) atoms. The van der Waals surface area contributed by atoms with Crippen LogP contribution in [0, 0.1) is 27.7 Å². The Bertz CT molecular complexity index is 1420. The SMILES string of the molecule is Cc1cc(OCCO)cc(C)c1-c1ccc2c(c1-c1c(C)cc(OCCO)cc1C)Cc1ccccc1-2. The van der Waals surface area contributed by atoms with Crippen molar-refractivity contribution in [1.82, 2.24) is 0 Å². The molecule has 1 aliphatic rings. The number of hydrogen-bond acceptors (Lipinski definition) is 4. The Labute approximate surface area is 219 Å². The highest BCUT2D eigenvalue weighted by atomic mass is 16.5. The quantitative estimate of drug-likeness (QED) is 0.256. The summed E-state index contributed by atoms with van der Waals surface area (Å²) in [5, 5.41) is 18.4. The molecule has 0 fully saturated rings. The van der Waals surface area contributed by atoms with Crippen molar-refractivity contribution < 1.29 is 19.7 Å². The van der Waals surface area contributed by atoms with Crippen LogP contribution in [-0.2, 0) is 6.42 Å². The van der Waals surface area contributed by atoms with E-state index in [-0.39, 0.29) is 26.4 Å². The molecule has 4 nitrogen and oxygen atoms in total. The van der Waals surface area contributed by atoms with Crippen LogP contribution in [0.25, 0.3) is 33.4 Å². The fourth-order valence-corrected chi connectivity index (χ4v) is 5.87. The zero-order valence-electron chi connectivity index (χ0n) is 22.0. The van der Waals surface area contributed by atoms with Crippen molar-refractivity contribution in [2.45, 2.75) is 34.1 Å². The lowest BCUT2D eigenvalue weighted by molar-refractivity contribution is 0.201. The van der Waals surface area contributed by atoms with Crippen molar-refractivity contribution in [2.24, 2.45) is 0 Å². The van der Waals surface area contributed by atoms with Crippen LogP contribution < -0.4 is 9.47 Å². The molecule has 0 saturated carbocycles. The van der Waals surface area contributed by atoms with E-state index in [1.54, 1.807) is 0 Å². The van der Waals surface area contributed by atoms with Gasteiger partial charge >= 0.3 is 0 Å². The summed E-state index contributed by atoms with van der Waals surface area (Å²) in [6.45, 7) is 9.09. The van der Waals surface area contributed by atoms with Crippen LogP contribution in [0.15, 0.2) is 60.7 Å². The highest BCUT2D eigenvalue weighted by Crippen LogP contribution is 2.49. The third kappa shape index (κ3) is 4.63. The van der Waals surface area contributed by atoms with Gasteiger partial charge in [0.25, 0.3) is 0 Å². The summed E-state index contributed by atoms with van der Waals surface area (Å²) in [4.78, 5) is 0. The summed E-state index contributed by atoms with van der Waals surface area (Å²) in [5.41, 5.74) is 14.8. The third-order valence-electron chi connectivity index (χ3n) is 7.24. The number of aryl methyl sites for hydroxylation is 4. The molecule has 0 atom stereocenters. The highest BCUT2D eigenvalue weighted by Gasteiger charge is 2.27. The van der Waals surface area contributed by atoms with E-state index < -0.39 is 0 Å². The number of hydrogen-bond donors (Lipinski definition) is 2. The fourth-order valence-electron chi connectivity index (χ4n) is 5.87. The van der Waals surface area contributed by atoms with Gasteiger partial charge in [-0.15, -0.1) is 0 Å². The van der Waals surface area contributed by atoms with Crippen LogP contribution >= 0.6 is 0 Å². The summed E-state index contributed by atoms with van der Waals surface area (Å²) < 4.78 is 11.5. The number of ether oxygens (including phenoxy) is 2. The van der Waals surface area contributed by atoms with Gasteiger partial charge in [0.2, 0.25) is 0 Å². The molecule has 0 bridgehead atoms. The minimum Gasteiger partial charge on any atom is -0.491 e. The Morgan fingerprint density at radius 1 is 0.595 bits per heavy atom. The summed E-state index contributed by atoms with van der Waals surface area (Å²) in [6.07, 6.45) is 0.895. The van der Waals surface area contributed by atoms with Crippen molar-refractivity contribution in [3.05, 3.63) is 94.0 Å². The van der Waals surface area contributed by atoms with Gasteiger partial charge in [0, 0.05) is 0 Å². The van der Waals surface area contributed by atoms with Gasteiger partial charge in [-0.05, 0) is 125 Å². The summed E-state index contributed by atoms with van der Waals surface area (Å²) in [5.74, 6) is 1.56. The second kappa shape index (κ2) is 10.4. The minimum absolute atomic E-state index is 0.00799. The fraction of sp³-hybridized carbons (Fsp3) is 0.273. The molecule has 0 saturated heterocycles. The molecule has 4 aromatic rings. The molecular weight excluding hydrogens is 460 g/mol. The summed E-state index contributed by atoms with van der Waals surface area (Å²) >= 11 is 0. The Morgan fingerprint density at radius 3 is 1.68 bits per heavy atom. The summed E-state index contributed by atoms with van der Waals surface area (Å²) in [6, 6.07) is 21.5. The van der Waals surface area contributed by atoms with Gasteiger partial charge < -0.3 is 19.7 Å². The maximum absolute atomic E-state index is 9.23. The van der Waals surface area contributed by atoms with Gasteiger partial charge in [-0.2, -0.15) is 0 Å². The van der Waals surface area contributed by atoms with E-state index in [1.807, 2.05) is 0 Å². The predicted molar refractivity (Wildman–Crippen MR) is 150 cm³/mol. The molecule has 0 aliphatic heterocycles. The topological polar surface area (TPSA) is 58.9 Å². The van der Waals surface area contributed by atoms with Gasteiger partial charge in [0.15, 0.2) is 0 Å². The van der Waals surface area contributed by atoms with Crippen molar-refractivity contribution in [3.8, 4) is 44.9 Å². The normalized spacial score (nSPS) is 11.8. The molecule has 0 spiro atoms. The summed E-state index contributed by atoms with van der Waals surface area (Å²) in [7, 11) is 0. The molecule has 0 amide bonds. The third-order valence-corrected chi connectivity index (χ3v) is 7.24. The molecular formula is C33H34O4. The van der Waals surface area contributed by atoms with Gasteiger partial charge in [0.05, 0.1) is 13.2 Å². The second-order valence-electron chi connectivity index (χ2n) is 9.86. The van der Waals surface area contributed by atoms with E-state index in [0.29, 0.717) is 0 Å². The van der Waals surface area contributed by atoms with E-state index in [2.05, 4.69) is 88.4 Å². The van der Waals surface area contributed by atoms with Gasteiger partial charge in [-0.3, -0.25) is 0 Å². The average Bonchev–Trinajstić information content (AvgIpc) is 3.25. The van der Waals surface area contributed by atoms with E-state index >= 15 is 0 Å². The van der Waals surface area contributed by atoms with Crippen molar-refractivity contribution in [1.29, 1.82) is 0 Å². The van der Waals surface area contributed by atoms with Crippen LogP contribution in [0.3, 0.4) is 0 Å². The molecule has 190 valence electrons. The molecule has 4 heteroatoms. The van der Waals surface area contributed by atoms with Crippen LogP contribution in [0.1, 0.15) is 33.4 Å². The van der Waals surface area contributed by atoms with E-state index in [9.17, 15) is 10.2 Å². The molecule has 5 rings (SSSR count). The van der Waals surface area contributed by atoms with Crippen LogP contribution in [0.5, 0.6) is 11.5 Å². The molecule has 4 aromatic carbocycles. The molecule has 0 radical (unpaired) electrons. The Hall–Kier alpha value is -3.60. The lowest BCUT2D eigenvalue weighted by atomic mass is 9.82. The first kappa shape index (κ1) is 25.1. The van der Waals surface area contributed by atoms with E-state index in [0.717, 1.165) is 40.2 Å². The number of rotatable bonds is 8. The maximum Gasteiger partial charge on any atom is 0.119 e. The van der Waals surface area contributed by atoms with Gasteiger partial charge in [0.1, 0.15) is 24.7 Å². The second-order valence-corrected chi connectivity index (χ2v) is 9.86. The molecule has 2 N–H and O–H groups in total. The van der Waals surface area contributed by atoms with Crippen molar-refractivity contribution in [3.63, 3.8) is 0 Å². The zero-order valence-corrected chi connectivity index (χ0v) is 22.0. The number of aliphatic hydroxyl groups excluding tert-OH is 2. The monoisotopic (exact) mass is 494 g/mol. The molecule has 0 heterocycles. The lowest BCUT2D eigenvalue weighted by Gasteiger charge is -2.23. The molecule has 0 unspecified atom stereocenters. The number of aliphatic hydroxyl groups is 2. The predicted octanol–water partition coefficient (Wildman–Crippen LogP) is 6.57. The van der Waals surface area contributed by atoms with E-state index in [4.69, 9.17) is 9.47 Å². The Balaban J connectivity index is 1.75. The van der Waals surface area contributed by atoms with Crippen LogP contribution in [0.2, 0.25) is 0 Å². The Kier molecular flexibility index (Phi) is 7.05. The zero-order chi connectivity index (χ0) is 26.1. The van der Waals surface area contributed by atoms with Gasteiger partial charge in [-0.1, -0.05) is 36.4 Å². The Morgan fingerprint density at radius 2 is 1.11 bits per heavy atom. The standard InChI is InChI=1S/C33H34O4/c1-20-15-25(36-13-11-34)16-21(2)31(20)29-10-9-28-27-8-6-5-7-24(27)19-30(28)33(29)32-22(3)17-26(18-23(32)4)37-14-12-35/h5-10,15-18,34-35H,11-14,19H2,1-4H3. The highest BCUT2D eigenvalue weighted by molar-refractivity contribution is 5.96. The first-order valence-corrected chi connectivity index (χ1v) is 12.9. The van der Waals surface area contributed by atoms with Crippen LogP contribution in [-0.4, -0.2) is 36.6 Å². The van der Waals surface area contributed by atoms with Crippen molar-refractivity contribution in [2.75, 3.05) is 26.4 Å². The molecule has 1 aliphatic carbocycles. The van der Waals surface area contributed by atoms with E-state index in [1.165, 1.54) is 44.5 Å².